The van der Waals surface area contributed by atoms with Crippen molar-refractivity contribution in [2.24, 2.45) is 0 Å². The highest BCUT2D eigenvalue weighted by atomic mass is 79.9. The summed E-state index contributed by atoms with van der Waals surface area (Å²) >= 11 is 3.34. The molecule has 1 heterocycles. The summed E-state index contributed by atoms with van der Waals surface area (Å²) in [6, 6.07) is 0. The molecule has 1 aromatic rings. The standard InChI is InChI=1S/C10H12BrNO2/c1-4-8(13)9-6(2)7(11)5-12-10(9)14-3/h4-5,8,13H,1H2,2-3H3. The van der Waals surface area contributed by atoms with E-state index in [-0.39, 0.29) is 0 Å². The van der Waals surface area contributed by atoms with Crippen LogP contribution in [0.15, 0.2) is 23.3 Å². The number of pyridine rings is 1. The van der Waals surface area contributed by atoms with Gasteiger partial charge in [0, 0.05) is 10.7 Å². The summed E-state index contributed by atoms with van der Waals surface area (Å²) < 4.78 is 5.91. The van der Waals surface area contributed by atoms with Crippen molar-refractivity contribution in [2.45, 2.75) is 13.0 Å². The molecule has 0 radical (unpaired) electrons. The van der Waals surface area contributed by atoms with Gasteiger partial charge in [-0.2, -0.15) is 0 Å². The molecule has 0 saturated heterocycles. The summed E-state index contributed by atoms with van der Waals surface area (Å²) in [4.78, 5) is 4.05. The molecular formula is C10H12BrNO2. The van der Waals surface area contributed by atoms with Crippen molar-refractivity contribution in [2.75, 3.05) is 7.11 Å². The van der Waals surface area contributed by atoms with Gasteiger partial charge in [-0.05, 0) is 28.4 Å². The molecule has 4 heteroatoms. The number of aliphatic hydroxyl groups is 1. The van der Waals surface area contributed by atoms with Crippen LogP contribution < -0.4 is 4.74 Å². The van der Waals surface area contributed by atoms with E-state index in [0.717, 1.165) is 10.0 Å². The molecule has 3 nitrogen and oxygen atoms in total. The molecule has 0 bridgehead atoms. The van der Waals surface area contributed by atoms with Gasteiger partial charge in [0.1, 0.15) is 6.10 Å². The molecule has 0 spiro atoms. The van der Waals surface area contributed by atoms with Gasteiger partial charge in [0.15, 0.2) is 0 Å². The average molecular weight is 258 g/mol. The second-order valence-electron chi connectivity index (χ2n) is 2.83. The van der Waals surface area contributed by atoms with E-state index < -0.39 is 6.10 Å². The summed E-state index contributed by atoms with van der Waals surface area (Å²) in [6.45, 7) is 5.42. The minimum absolute atomic E-state index is 0.429. The number of halogens is 1. The second kappa shape index (κ2) is 4.57. The van der Waals surface area contributed by atoms with E-state index in [1.54, 1.807) is 6.20 Å². The van der Waals surface area contributed by atoms with Gasteiger partial charge in [0.25, 0.3) is 0 Å². The summed E-state index contributed by atoms with van der Waals surface area (Å²) in [5.41, 5.74) is 1.56. The first-order valence-corrected chi connectivity index (χ1v) is 4.90. The van der Waals surface area contributed by atoms with Crippen LogP contribution in [0.5, 0.6) is 5.88 Å². The number of nitrogens with zero attached hydrogens (tertiary/aromatic N) is 1. The number of hydrogen-bond donors (Lipinski definition) is 1. The quantitative estimate of drug-likeness (QED) is 0.846. The van der Waals surface area contributed by atoms with Gasteiger partial charge in [0.2, 0.25) is 5.88 Å². The van der Waals surface area contributed by atoms with Crippen LogP contribution in [0.4, 0.5) is 0 Å². The van der Waals surface area contributed by atoms with Crippen molar-refractivity contribution < 1.29 is 9.84 Å². The van der Waals surface area contributed by atoms with Crippen LogP contribution in [0.2, 0.25) is 0 Å². The van der Waals surface area contributed by atoms with Gasteiger partial charge in [0.05, 0.1) is 12.7 Å². The molecule has 0 aliphatic carbocycles. The van der Waals surface area contributed by atoms with Gasteiger partial charge < -0.3 is 9.84 Å². The minimum Gasteiger partial charge on any atom is -0.481 e. The third-order valence-electron chi connectivity index (χ3n) is 2.00. The van der Waals surface area contributed by atoms with E-state index in [1.807, 2.05) is 6.92 Å². The van der Waals surface area contributed by atoms with Crippen LogP contribution in [0.3, 0.4) is 0 Å². The van der Waals surface area contributed by atoms with Crippen molar-refractivity contribution in [3.05, 3.63) is 34.5 Å². The van der Waals surface area contributed by atoms with Gasteiger partial charge in [-0.1, -0.05) is 6.08 Å². The Morgan fingerprint density at radius 1 is 1.71 bits per heavy atom. The third-order valence-corrected chi connectivity index (χ3v) is 2.80. The summed E-state index contributed by atoms with van der Waals surface area (Å²) in [6.07, 6.45) is 2.34. The SMILES string of the molecule is C=CC(O)c1c(OC)ncc(Br)c1C. The van der Waals surface area contributed by atoms with Gasteiger partial charge in [-0.15, -0.1) is 6.58 Å². The number of hydrogen-bond acceptors (Lipinski definition) is 3. The molecule has 0 aliphatic rings. The van der Waals surface area contributed by atoms with Crippen molar-refractivity contribution in [3.63, 3.8) is 0 Å². The van der Waals surface area contributed by atoms with Crippen LogP contribution in [0.25, 0.3) is 0 Å². The fourth-order valence-electron chi connectivity index (χ4n) is 1.20. The van der Waals surface area contributed by atoms with Crippen molar-refractivity contribution >= 4 is 15.9 Å². The Kier molecular flexibility index (Phi) is 3.66. The molecule has 0 aliphatic heterocycles. The van der Waals surface area contributed by atoms with E-state index in [9.17, 15) is 5.11 Å². The predicted octanol–water partition coefficient (Wildman–Crippen LogP) is 2.38. The zero-order valence-corrected chi connectivity index (χ0v) is 9.71. The fourth-order valence-corrected chi connectivity index (χ4v) is 1.52. The normalized spacial score (nSPS) is 12.3. The van der Waals surface area contributed by atoms with Crippen LogP contribution in [-0.4, -0.2) is 17.2 Å². The number of ether oxygens (including phenoxy) is 1. The largest absolute Gasteiger partial charge is 0.481 e. The van der Waals surface area contributed by atoms with Gasteiger partial charge in [-0.25, -0.2) is 4.98 Å². The molecule has 0 amide bonds. The van der Waals surface area contributed by atoms with E-state index >= 15 is 0 Å². The maximum Gasteiger partial charge on any atom is 0.219 e. The Bertz CT molecular complexity index is 352. The molecule has 0 aromatic carbocycles. The number of rotatable bonds is 3. The topological polar surface area (TPSA) is 42.4 Å². The van der Waals surface area contributed by atoms with Crippen molar-refractivity contribution in [3.8, 4) is 5.88 Å². The third kappa shape index (κ3) is 1.96. The van der Waals surface area contributed by atoms with Crippen LogP contribution >= 0.6 is 15.9 Å². The first kappa shape index (κ1) is 11.2. The summed E-state index contributed by atoms with van der Waals surface area (Å²) in [5.74, 6) is 0.429. The monoisotopic (exact) mass is 257 g/mol. The highest BCUT2D eigenvalue weighted by molar-refractivity contribution is 9.10. The first-order chi connectivity index (χ1) is 6.61. The zero-order valence-electron chi connectivity index (χ0n) is 8.12. The fraction of sp³-hybridized carbons (Fsp3) is 0.300. The van der Waals surface area contributed by atoms with E-state index in [1.165, 1.54) is 13.2 Å². The molecular weight excluding hydrogens is 246 g/mol. The smallest absolute Gasteiger partial charge is 0.219 e. The van der Waals surface area contributed by atoms with Crippen LogP contribution in [0.1, 0.15) is 17.2 Å². The Morgan fingerprint density at radius 3 is 2.86 bits per heavy atom. The first-order valence-electron chi connectivity index (χ1n) is 4.11. The lowest BCUT2D eigenvalue weighted by Crippen LogP contribution is -2.03. The number of aromatic nitrogens is 1. The molecule has 1 N–H and O–H groups in total. The lowest BCUT2D eigenvalue weighted by atomic mass is 10.1. The summed E-state index contributed by atoms with van der Waals surface area (Å²) in [5, 5.41) is 9.69. The average Bonchev–Trinajstić information content (AvgIpc) is 2.20. The highest BCUT2D eigenvalue weighted by Crippen LogP contribution is 2.31. The Hall–Kier alpha value is -0.870. The minimum atomic E-state index is -0.755. The maximum atomic E-state index is 9.69. The number of aliphatic hydroxyl groups excluding tert-OH is 1. The van der Waals surface area contributed by atoms with E-state index in [4.69, 9.17) is 4.74 Å². The molecule has 76 valence electrons. The zero-order chi connectivity index (χ0) is 10.7. The molecule has 1 aromatic heterocycles. The van der Waals surface area contributed by atoms with Crippen molar-refractivity contribution in [1.29, 1.82) is 0 Å². The lowest BCUT2D eigenvalue weighted by molar-refractivity contribution is 0.220. The van der Waals surface area contributed by atoms with Gasteiger partial charge >= 0.3 is 0 Å². The predicted molar refractivity (Wildman–Crippen MR) is 58.4 cm³/mol. The summed E-state index contributed by atoms with van der Waals surface area (Å²) in [7, 11) is 1.52. The van der Waals surface area contributed by atoms with Crippen LogP contribution in [-0.2, 0) is 0 Å². The molecule has 1 unspecified atom stereocenters. The van der Waals surface area contributed by atoms with Gasteiger partial charge in [-0.3, -0.25) is 0 Å². The molecule has 14 heavy (non-hydrogen) atoms. The van der Waals surface area contributed by atoms with Crippen molar-refractivity contribution in [1.82, 2.24) is 4.98 Å². The second-order valence-corrected chi connectivity index (χ2v) is 3.69. The molecule has 1 atom stereocenters. The maximum absolute atomic E-state index is 9.69. The highest BCUT2D eigenvalue weighted by Gasteiger charge is 2.16. The molecule has 0 fully saturated rings. The molecule has 1 rings (SSSR count). The Morgan fingerprint density at radius 2 is 2.36 bits per heavy atom. The molecule has 0 saturated carbocycles. The van der Waals surface area contributed by atoms with E-state index in [2.05, 4.69) is 27.5 Å². The number of methoxy groups -OCH3 is 1. The Labute approximate surface area is 91.6 Å². The Balaban J connectivity index is 3.34. The van der Waals surface area contributed by atoms with Crippen LogP contribution in [0, 0.1) is 6.92 Å². The lowest BCUT2D eigenvalue weighted by Gasteiger charge is -2.14. The van der Waals surface area contributed by atoms with E-state index in [0.29, 0.717) is 11.4 Å².